The van der Waals surface area contributed by atoms with Gasteiger partial charge in [0.05, 0.1) is 36.7 Å². The van der Waals surface area contributed by atoms with Crippen LogP contribution in [-0.4, -0.2) is 146 Å². The first-order valence-corrected chi connectivity index (χ1v) is 31.7. The summed E-state index contributed by atoms with van der Waals surface area (Å²) in [5, 5.41) is 4.51. The van der Waals surface area contributed by atoms with Gasteiger partial charge in [-0.15, -0.1) is 22.7 Å². The molecule has 3 fully saturated rings. The van der Waals surface area contributed by atoms with Crippen LogP contribution in [-0.2, 0) is 33.0 Å². The van der Waals surface area contributed by atoms with E-state index in [1.807, 2.05) is 0 Å². The van der Waals surface area contributed by atoms with Gasteiger partial charge in [-0.05, 0) is 102 Å². The van der Waals surface area contributed by atoms with Crippen LogP contribution in [0.25, 0.3) is 32.0 Å². The molecule has 0 N–H and O–H groups in total. The van der Waals surface area contributed by atoms with E-state index in [-0.39, 0.29) is 40.7 Å². The number of thiazole rings is 4. The number of benzene rings is 2. The number of aryl methyl sites for hydroxylation is 4. The zero-order chi connectivity index (χ0) is 58.9. The Morgan fingerprint density at radius 2 is 1.05 bits per heavy atom. The lowest BCUT2D eigenvalue weighted by Gasteiger charge is -2.32. The number of aromatic nitrogens is 8. The van der Waals surface area contributed by atoms with Gasteiger partial charge in [-0.2, -0.15) is 9.97 Å². The molecule has 0 aliphatic carbocycles. The summed E-state index contributed by atoms with van der Waals surface area (Å²) in [6.45, 7) is 33.3. The number of rotatable bonds is 12. The Morgan fingerprint density at radius 3 is 1.50 bits per heavy atom. The molecule has 0 bridgehead atoms. The van der Waals surface area contributed by atoms with Crippen LogP contribution < -0.4 is 15.3 Å². The molecule has 82 heavy (non-hydrogen) atoms. The SMILES string of the molecule is CN1CCN(c2nc3ncnc(Cl)c3s2)CC1.Cc1cc(-c2ncnc3nc(N4CCN(C)CC4)sc23)ccc1CCC(=O)c1cnc(C(C)(C)C)s1.Cc1cc(B2OC(C)(C)C(C)(C)O2)ccc1CCC(=O)c1cnc(C(C)(C)C)s1. The third kappa shape index (κ3) is 14.5. The number of hydrogen-bond acceptors (Lipinski definition) is 20. The molecule has 2 aromatic carbocycles. The average molecular weight is 1200 g/mol. The second-order valence-corrected chi connectivity index (χ2v) is 29.0. The fraction of sp³-hybridized carbons (Fsp3) is 0.500. The predicted molar refractivity (Wildman–Crippen MR) is 339 cm³/mol. The second kappa shape index (κ2) is 25.2. The van der Waals surface area contributed by atoms with E-state index in [2.05, 4.69) is 188 Å². The molecule has 6 aromatic heterocycles. The minimum atomic E-state index is -0.359. The lowest BCUT2D eigenvalue weighted by atomic mass is 9.77. The predicted octanol–water partition coefficient (Wildman–Crippen LogP) is 11.7. The molecule has 22 heteroatoms. The van der Waals surface area contributed by atoms with Gasteiger partial charge in [0.15, 0.2) is 38.3 Å². The van der Waals surface area contributed by atoms with E-state index in [1.54, 1.807) is 41.4 Å². The molecular weight excluding hydrogens is 1130 g/mol. The van der Waals surface area contributed by atoms with Crippen LogP contribution in [0.3, 0.4) is 0 Å². The molecule has 3 aliphatic heterocycles. The highest BCUT2D eigenvalue weighted by atomic mass is 35.5. The first-order chi connectivity index (χ1) is 38.7. The number of piperazine rings is 2. The van der Waals surface area contributed by atoms with Crippen LogP contribution in [0.5, 0.6) is 0 Å². The third-order valence-corrected chi connectivity index (χ3v) is 21.0. The normalized spacial score (nSPS) is 16.8. The van der Waals surface area contributed by atoms with Crippen LogP contribution in [0.4, 0.5) is 10.3 Å². The first-order valence-electron chi connectivity index (χ1n) is 28.0. The number of carbonyl (C=O) groups is 2. The molecule has 0 spiro atoms. The topological polar surface area (TPSA) is 169 Å². The number of anilines is 2. The van der Waals surface area contributed by atoms with Crippen LogP contribution in [0.2, 0.25) is 5.15 Å². The number of fused-ring (bicyclic) bond motifs is 2. The Kier molecular flexibility index (Phi) is 18.8. The summed E-state index contributed by atoms with van der Waals surface area (Å²) in [5.74, 6) is 0.317. The number of hydrogen-bond donors (Lipinski definition) is 0. The Bertz CT molecular complexity index is 3540. The van der Waals surface area contributed by atoms with Crippen molar-refractivity contribution in [2.24, 2.45) is 0 Å². The monoisotopic (exact) mass is 1200 g/mol. The number of carbonyl (C=O) groups excluding carboxylic acids is 2. The summed E-state index contributed by atoms with van der Waals surface area (Å²) in [6.07, 6.45) is 8.91. The summed E-state index contributed by atoms with van der Waals surface area (Å²) in [4.78, 5) is 71.6. The Morgan fingerprint density at radius 1 is 0.598 bits per heavy atom. The van der Waals surface area contributed by atoms with Crippen molar-refractivity contribution >= 4 is 112 Å². The van der Waals surface area contributed by atoms with E-state index in [4.69, 9.17) is 25.9 Å². The van der Waals surface area contributed by atoms with Gasteiger partial charge in [0.2, 0.25) is 0 Å². The second-order valence-electron chi connectivity index (χ2n) is 24.6. The lowest BCUT2D eigenvalue weighted by molar-refractivity contribution is 0.00578. The number of likely N-dealkylation sites (N-methyl/N-ethyl adjacent to an activating group) is 2. The Hall–Kier alpha value is -5.23. The van der Waals surface area contributed by atoms with Crippen molar-refractivity contribution in [3.63, 3.8) is 0 Å². The van der Waals surface area contributed by atoms with E-state index in [1.165, 1.54) is 40.1 Å². The highest BCUT2D eigenvalue weighted by molar-refractivity contribution is 7.23. The van der Waals surface area contributed by atoms with E-state index >= 15 is 0 Å². The Labute approximate surface area is 504 Å². The minimum absolute atomic E-state index is 0.0247. The van der Waals surface area contributed by atoms with Crippen molar-refractivity contribution < 1.29 is 18.9 Å². The highest BCUT2D eigenvalue weighted by Crippen LogP contribution is 2.38. The van der Waals surface area contributed by atoms with Crippen LogP contribution in [0, 0.1) is 13.8 Å². The quantitative estimate of drug-likeness (QED) is 0.0643. The van der Waals surface area contributed by atoms with Gasteiger partial charge in [-0.1, -0.05) is 106 Å². The summed E-state index contributed by atoms with van der Waals surface area (Å²) < 4.78 is 14.2. The molecule has 3 saturated heterocycles. The van der Waals surface area contributed by atoms with E-state index in [0.29, 0.717) is 30.1 Å². The largest absolute Gasteiger partial charge is 0.494 e. The molecular formula is C60H76BClN12O4S4. The van der Waals surface area contributed by atoms with Crippen molar-refractivity contribution in [3.05, 3.63) is 109 Å². The molecule has 0 amide bonds. The number of halogens is 1. The van der Waals surface area contributed by atoms with Crippen molar-refractivity contribution in [1.29, 1.82) is 0 Å². The maximum atomic E-state index is 12.8. The lowest BCUT2D eigenvalue weighted by Crippen LogP contribution is -2.44. The zero-order valence-electron chi connectivity index (χ0n) is 49.8. The molecule has 9 heterocycles. The van der Waals surface area contributed by atoms with Crippen molar-refractivity contribution in [2.45, 2.75) is 131 Å². The molecule has 3 aliphatic rings. The maximum absolute atomic E-state index is 12.8. The first kappa shape index (κ1) is 61.3. The summed E-state index contributed by atoms with van der Waals surface area (Å²) in [5.41, 5.74) is 8.37. The molecule has 16 nitrogen and oxygen atoms in total. The number of Topliss-reactive ketones (excluding diaryl/α,β-unsaturated/α-hetero) is 2. The maximum Gasteiger partial charge on any atom is 0.494 e. The molecule has 0 unspecified atom stereocenters. The molecule has 11 rings (SSSR count). The van der Waals surface area contributed by atoms with Gasteiger partial charge >= 0.3 is 7.12 Å². The highest BCUT2D eigenvalue weighted by Gasteiger charge is 2.51. The van der Waals surface area contributed by atoms with Gasteiger partial charge in [0.1, 0.15) is 22.1 Å². The summed E-state index contributed by atoms with van der Waals surface area (Å²) in [7, 11) is 3.93. The standard InChI is InChI=1S/C27H32N6OS2.C23H32BNO3S.C10H12ClN5S/c1-17-14-19(7-6-18(17)8-9-20(34)21-15-28-25(35-21)27(2,3)4)22-23-24(30-16-29-22)31-26(36-23)33-12-10-32(5)11-13-33;1-15-13-17(24-27-22(5,6)23(7,8)28-24)11-9-16(15)10-12-18(26)19-14-25-20(29-19)21(2,3)4;1-15-2-4-16(5-3-15)10-14-9-7(17-10)8(11)12-6-13-9/h6-7,14-16H,8-13H2,1-5H3;9,11,13-14H,10,12H2,1-8H3;6H,2-5H2,1H3. The van der Waals surface area contributed by atoms with Crippen LogP contribution in [0.15, 0.2) is 61.4 Å². The Balaban J connectivity index is 0.000000157. The number of ketones is 2. The van der Waals surface area contributed by atoms with Gasteiger partial charge in [-0.25, -0.2) is 29.9 Å². The molecule has 0 radical (unpaired) electrons. The molecule has 8 aromatic rings. The number of nitrogens with zero attached hydrogens (tertiary/aromatic N) is 12. The van der Waals surface area contributed by atoms with E-state index in [0.717, 1.165) is 132 Å². The fourth-order valence-corrected chi connectivity index (χ4v) is 13.6. The zero-order valence-corrected chi connectivity index (χ0v) is 53.9. The fourth-order valence-electron chi connectivity index (χ4n) is 9.42. The van der Waals surface area contributed by atoms with Crippen molar-refractivity contribution in [3.8, 4) is 11.3 Å². The van der Waals surface area contributed by atoms with Gasteiger partial charge in [0, 0.05) is 94.0 Å². The van der Waals surface area contributed by atoms with E-state index in [9.17, 15) is 9.59 Å². The summed E-state index contributed by atoms with van der Waals surface area (Å²) >= 11 is 12.3. The minimum Gasteiger partial charge on any atom is -0.399 e. The average Bonchev–Trinajstić information content (AvgIpc) is 4.34. The van der Waals surface area contributed by atoms with E-state index < -0.39 is 0 Å². The third-order valence-electron chi connectivity index (χ3n) is 15.5. The van der Waals surface area contributed by atoms with Crippen molar-refractivity contribution in [1.82, 2.24) is 49.7 Å². The molecule has 0 saturated carbocycles. The molecule has 0 atom stereocenters. The van der Waals surface area contributed by atoms with Crippen LogP contribution >= 0.6 is 56.9 Å². The van der Waals surface area contributed by atoms with Gasteiger partial charge in [-0.3, -0.25) is 9.59 Å². The van der Waals surface area contributed by atoms with Crippen molar-refractivity contribution in [2.75, 3.05) is 76.3 Å². The van der Waals surface area contributed by atoms with Crippen LogP contribution in [0.1, 0.15) is 134 Å². The smallest absolute Gasteiger partial charge is 0.399 e. The van der Waals surface area contributed by atoms with Gasteiger partial charge in [0.25, 0.3) is 0 Å². The van der Waals surface area contributed by atoms with Gasteiger partial charge < -0.3 is 28.9 Å². The molecule has 434 valence electrons. The summed E-state index contributed by atoms with van der Waals surface area (Å²) in [6, 6.07) is 12.7.